The quantitative estimate of drug-likeness (QED) is 0.713. The van der Waals surface area contributed by atoms with Gasteiger partial charge in [0.15, 0.2) is 5.82 Å². The first-order valence-corrected chi connectivity index (χ1v) is 6.81. The van der Waals surface area contributed by atoms with Crippen LogP contribution in [0.3, 0.4) is 0 Å². The van der Waals surface area contributed by atoms with Crippen molar-refractivity contribution in [1.82, 2.24) is 10.1 Å². The molecule has 4 nitrogen and oxygen atoms in total. The lowest BCUT2D eigenvalue weighted by molar-refractivity contribution is 0.192. The molecule has 0 bridgehead atoms. The van der Waals surface area contributed by atoms with Crippen LogP contribution in [0.1, 0.15) is 18.2 Å². The van der Waals surface area contributed by atoms with Gasteiger partial charge in [-0.25, -0.2) is 0 Å². The predicted octanol–water partition coefficient (Wildman–Crippen LogP) is 3.39. The maximum Gasteiger partial charge on any atom is 0.257 e. The Bertz CT molecular complexity index is 745. The second-order valence-corrected chi connectivity index (χ2v) is 5.08. The van der Waals surface area contributed by atoms with Gasteiger partial charge in [0.1, 0.15) is 0 Å². The summed E-state index contributed by atoms with van der Waals surface area (Å²) in [6.45, 7) is 1.47. The Morgan fingerprint density at radius 2 is 1.95 bits per heavy atom. The topological polar surface area (TPSA) is 48.2 Å². The van der Waals surface area contributed by atoms with Crippen LogP contribution in [0.2, 0.25) is 0 Å². The minimum Gasteiger partial charge on any atom is -0.381 e. The van der Waals surface area contributed by atoms with E-state index in [9.17, 15) is 0 Å². The Morgan fingerprint density at radius 1 is 1.05 bits per heavy atom. The summed E-state index contributed by atoms with van der Waals surface area (Å²) in [4.78, 5) is 4.51. The zero-order valence-corrected chi connectivity index (χ0v) is 11.0. The van der Waals surface area contributed by atoms with E-state index in [0.29, 0.717) is 12.5 Å². The number of aromatic nitrogens is 2. The monoisotopic (exact) mass is 266 g/mol. The molecule has 0 N–H and O–H groups in total. The third-order valence-electron chi connectivity index (χ3n) is 3.73. The second-order valence-electron chi connectivity index (χ2n) is 5.08. The number of ether oxygens (including phenoxy) is 1. The summed E-state index contributed by atoms with van der Waals surface area (Å²) in [7, 11) is 0. The van der Waals surface area contributed by atoms with E-state index < -0.39 is 0 Å². The molecule has 1 fully saturated rings. The smallest absolute Gasteiger partial charge is 0.257 e. The fourth-order valence-electron chi connectivity index (χ4n) is 2.58. The lowest BCUT2D eigenvalue weighted by Crippen LogP contribution is -1.99. The Kier molecular flexibility index (Phi) is 2.74. The van der Waals surface area contributed by atoms with Gasteiger partial charge in [-0.2, -0.15) is 4.98 Å². The molecule has 1 saturated heterocycles. The number of fused-ring (bicyclic) bond motifs is 1. The summed E-state index contributed by atoms with van der Waals surface area (Å²) in [5.41, 5.74) is 0.960. The third-order valence-corrected chi connectivity index (χ3v) is 3.73. The van der Waals surface area contributed by atoms with Crippen molar-refractivity contribution in [1.29, 1.82) is 0 Å². The Labute approximate surface area is 116 Å². The summed E-state index contributed by atoms with van der Waals surface area (Å²) >= 11 is 0. The molecule has 2 heterocycles. The van der Waals surface area contributed by atoms with E-state index in [4.69, 9.17) is 9.26 Å². The highest BCUT2D eigenvalue weighted by molar-refractivity contribution is 5.86. The van der Waals surface area contributed by atoms with Crippen molar-refractivity contribution >= 4 is 10.8 Å². The van der Waals surface area contributed by atoms with Crippen LogP contribution < -0.4 is 0 Å². The zero-order chi connectivity index (χ0) is 13.4. The molecule has 1 aliphatic heterocycles. The normalized spacial score (nSPS) is 18.7. The van der Waals surface area contributed by atoms with Crippen molar-refractivity contribution in [2.75, 3.05) is 13.2 Å². The van der Waals surface area contributed by atoms with Gasteiger partial charge in [-0.15, -0.1) is 0 Å². The number of hydrogen-bond donors (Lipinski definition) is 0. The molecule has 0 spiro atoms. The minimum absolute atomic E-state index is 0.271. The highest BCUT2D eigenvalue weighted by Gasteiger charge is 2.23. The second kappa shape index (κ2) is 4.72. The molecule has 4 heteroatoms. The molecule has 20 heavy (non-hydrogen) atoms. The first-order chi connectivity index (χ1) is 9.90. The van der Waals surface area contributed by atoms with Crippen LogP contribution in [0, 0.1) is 0 Å². The molecule has 1 aromatic heterocycles. The Hall–Kier alpha value is -2.20. The maximum absolute atomic E-state index is 5.40. The average molecular weight is 266 g/mol. The molecule has 1 aliphatic rings. The van der Waals surface area contributed by atoms with Gasteiger partial charge in [0.25, 0.3) is 5.89 Å². The number of nitrogens with zero attached hydrogens (tertiary/aromatic N) is 2. The molecule has 0 aliphatic carbocycles. The van der Waals surface area contributed by atoms with Gasteiger partial charge in [0.05, 0.1) is 6.61 Å². The van der Waals surface area contributed by atoms with Gasteiger partial charge in [0.2, 0.25) is 0 Å². The lowest BCUT2D eigenvalue weighted by Gasteiger charge is -1.99. The van der Waals surface area contributed by atoms with Gasteiger partial charge in [-0.1, -0.05) is 35.5 Å². The summed E-state index contributed by atoms with van der Waals surface area (Å²) < 4.78 is 10.8. The van der Waals surface area contributed by atoms with E-state index in [1.54, 1.807) is 0 Å². The van der Waals surface area contributed by atoms with E-state index in [1.165, 1.54) is 10.8 Å². The highest BCUT2D eigenvalue weighted by atomic mass is 16.5. The minimum atomic E-state index is 0.271. The van der Waals surface area contributed by atoms with E-state index in [-0.39, 0.29) is 5.92 Å². The molecule has 0 saturated carbocycles. The van der Waals surface area contributed by atoms with Crippen molar-refractivity contribution in [3.05, 3.63) is 48.3 Å². The SMILES string of the molecule is c1ccc2cc(-c3nc([C@H]4CCOC4)no3)ccc2c1. The van der Waals surface area contributed by atoms with Crippen LogP contribution in [0.25, 0.3) is 22.2 Å². The number of benzene rings is 2. The van der Waals surface area contributed by atoms with Gasteiger partial charge in [0, 0.05) is 18.1 Å². The molecular formula is C16H14N2O2. The molecule has 0 amide bonds. The summed E-state index contributed by atoms with van der Waals surface area (Å²) in [5.74, 6) is 1.61. The molecule has 100 valence electrons. The van der Waals surface area contributed by atoms with Crippen LogP contribution in [0.4, 0.5) is 0 Å². The van der Waals surface area contributed by atoms with Crippen LogP contribution in [0.5, 0.6) is 0 Å². The van der Waals surface area contributed by atoms with Crippen LogP contribution >= 0.6 is 0 Å². The molecule has 3 aromatic rings. The Morgan fingerprint density at radius 3 is 2.80 bits per heavy atom. The third kappa shape index (κ3) is 1.98. The van der Waals surface area contributed by atoms with Crippen molar-refractivity contribution in [3.63, 3.8) is 0 Å². The fourth-order valence-corrected chi connectivity index (χ4v) is 2.58. The molecule has 1 atom stereocenters. The summed E-state index contributed by atoms with van der Waals surface area (Å²) in [6, 6.07) is 14.4. The van der Waals surface area contributed by atoms with Crippen molar-refractivity contribution in [2.45, 2.75) is 12.3 Å². The first kappa shape index (κ1) is 11.6. The lowest BCUT2D eigenvalue weighted by atomic mass is 10.1. The maximum atomic E-state index is 5.40. The van der Waals surface area contributed by atoms with Crippen molar-refractivity contribution in [3.8, 4) is 11.5 Å². The van der Waals surface area contributed by atoms with Gasteiger partial charge >= 0.3 is 0 Å². The Balaban J connectivity index is 1.71. The zero-order valence-electron chi connectivity index (χ0n) is 11.0. The number of rotatable bonds is 2. The molecule has 0 radical (unpaired) electrons. The highest BCUT2D eigenvalue weighted by Crippen LogP contribution is 2.27. The molecule has 2 aromatic carbocycles. The summed E-state index contributed by atoms with van der Waals surface area (Å²) in [6.07, 6.45) is 0.969. The largest absolute Gasteiger partial charge is 0.381 e. The van der Waals surface area contributed by atoms with E-state index >= 15 is 0 Å². The van der Waals surface area contributed by atoms with E-state index in [0.717, 1.165) is 24.4 Å². The van der Waals surface area contributed by atoms with Gasteiger partial charge in [-0.3, -0.25) is 0 Å². The number of hydrogen-bond acceptors (Lipinski definition) is 4. The molecule has 4 rings (SSSR count). The van der Waals surface area contributed by atoms with Crippen molar-refractivity contribution in [2.24, 2.45) is 0 Å². The summed E-state index contributed by atoms with van der Waals surface area (Å²) in [5, 5.41) is 6.47. The molecular weight excluding hydrogens is 252 g/mol. The standard InChI is InChI=1S/C16H14N2O2/c1-2-4-12-9-13(6-5-11(12)3-1)16-17-15(18-20-16)14-7-8-19-10-14/h1-6,9,14H,7-8,10H2/t14-/m0/s1. The van der Waals surface area contributed by atoms with E-state index in [2.05, 4.69) is 34.4 Å². The average Bonchev–Trinajstić information content (AvgIpc) is 3.17. The van der Waals surface area contributed by atoms with Gasteiger partial charge in [-0.05, 0) is 29.3 Å². The first-order valence-electron chi connectivity index (χ1n) is 6.81. The van der Waals surface area contributed by atoms with Crippen LogP contribution in [-0.4, -0.2) is 23.4 Å². The van der Waals surface area contributed by atoms with Crippen molar-refractivity contribution < 1.29 is 9.26 Å². The van der Waals surface area contributed by atoms with E-state index in [1.807, 2.05) is 18.2 Å². The van der Waals surface area contributed by atoms with Crippen LogP contribution in [-0.2, 0) is 4.74 Å². The fraction of sp³-hybridized carbons (Fsp3) is 0.250. The van der Waals surface area contributed by atoms with Gasteiger partial charge < -0.3 is 9.26 Å². The predicted molar refractivity (Wildman–Crippen MR) is 75.4 cm³/mol. The van der Waals surface area contributed by atoms with Crippen LogP contribution in [0.15, 0.2) is 47.0 Å². The molecule has 0 unspecified atom stereocenters.